The summed E-state index contributed by atoms with van der Waals surface area (Å²) in [5.41, 5.74) is 0.765. The molecule has 4 rings (SSSR count). The molecule has 0 N–H and O–H groups in total. The van der Waals surface area contributed by atoms with Crippen LogP contribution in [0.4, 0.5) is 0 Å². The quantitative estimate of drug-likeness (QED) is 0.287. The highest BCUT2D eigenvalue weighted by Gasteiger charge is 2.72. The first kappa shape index (κ1) is 20.1. The third-order valence-electron chi connectivity index (χ3n) is 6.68. The third kappa shape index (κ3) is 3.80. The first-order valence-electron chi connectivity index (χ1n) is 10.3. The predicted octanol–water partition coefficient (Wildman–Crippen LogP) is 2.95. The van der Waals surface area contributed by atoms with Gasteiger partial charge in [-0.2, -0.15) is 0 Å². The zero-order valence-corrected chi connectivity index (χ0v) is 17.5. The Kier molecular flexibility index (Phi) is 5.19. The van der Waals surface area contributed by atoms with E-state index in [2.05, 4.69) is 26.8 Å². The average molecular weight is 392 g/mol. The molecule has 4 aliphatic rings. The largest absolute Gasteiger partial charge is 0.456 e. The highest BCUT2D eigenvalue weighted by atomic mass is 16.6. The maximum Gasteiger partial charge on any atom is 0.330 e. The summed E-state index contributed by atoms with van der Waals surface area (Å²) in [6, 6.07) is 0. The minimum atomic E-state index is -0.343. The van der Waals surface area contributed by atoms with Crippen LogP contribution in [0.1, 0.15) is 47.0 Å². The van der Waals surface area contributed by atoms with Crippen LogP contribution >= 0.6 is 0 Å². The molecule has 28 heavy (non-hydrogen) atoms. The van der Waals surface area contributed by atoms with Crippen LogP contribution < -0.4 is 0 Å². The van der Waals surface area contributed by atoms with Gasteiger partial charge in [-0.3, -0.25) is 0 Å². The van der Waals surface area contributed by atoms with Gasteiger partial charge in [0.05, 0.1) is 24.7 Å². The SMILES string of the molecule is CO[C@H]1[C@@H](OC(=O)/C=C/[C@H]2O[C@@H]2C)CC[C@@]2(CO2)[C@@H]1[C@@]1(C)O[C@H]1CC=C(C)C. The molecular formula is C22H32O6. The van der Waals surface area contributed by atoms with Crippen molar-refractivity contribution in [3.63, 3.8) is 0 Å². The van der Waals surface area contributed by atoms with Crippen LogP contribution in [0.3, 0.4) is 0 Å². The van der Waals surface area contributed by atoms with Crippen LogP contribution in [0.2, 0.25) is 0 Å². The Balaban J connectivity index is 1.45. The Hall–Kier alpha value is -1.21. The average Bonchev–Trinajstić information content (AvgIpc) is 3.57. The summed E-state index contributed by atoms with van der Waals surface area (Å²) >= 11 is 0. The number of carbonyl (C=O) groups excluding carboxylic acids is 1. The van der Waals surface area contributed by atoms with Crippen molar-refractivity contribution in [2.75, 3.05) is 13.7 Å². The lowest BCUT2D eigenvalue weighted by Gasteiger charge is -2.42. The van der Waals surface area contributed by atoms with Gasteiger partial charge in [0.25, 0.3) is 0 Å². The molecule has 3 heterocycles. The van der Waals surface area contributed by atoms with Crippen molar-refractivity contribution < 1.29 is 28.5 Å². The molecule has 6 nitrogen and oxygen atoms in total. The number of methoxy groups -OCH3 is 1. The van der Waals surface area contributed by atoms with E-state index >= 15 is 0 Å². The maximum absolute atomic E-state index is 12.3. The van der Waals surface area contributed by atoms with E-state index in [1.54, 1.807) is 13.2 Å². The summed E-state index contributed by atoms with van der Waals surface area (Å²) in [4.78, 5) is 12.3. The molecule has 0 amide bonds. The van der Waals surface area contributed by atoms with Crippen molar-refractivity contribution in [2.24, 2.45) is 5.92 Å². The molecule has 3 aliphatic heterocycles. The fourth-order valence-corrected chi connectivity index (χ4v) is 4.84. The van der Waals surface area contributed by atoms with Crippen molar-refractivity contribution in [1.82, 2.24) is 0 Å². The predicted molar refractivity (Wildman–Crippen MR) is 103 cm³/mol. The summed E-state index contributed by atoms with van der Waals surface area (Å²) in [6.45, 7) is 9.04. The fourth-order valence-electron chi connectivity index (χ4n) is 4.84. The number of hydrogen-bond donors (Lipinski definition) is 0. The minimum Gasteiger partial charge on any atom is -0.456 e. The lowest BCUT2D eigenvalue weighted by atomic mass is 9.68. The molecule has 0 radical (unpaired) electrons. The third-order valence-corrected chi connectivity index (χ3v) is 6.68. The topological polar surface area (TPSA) is 73.1 Å². The van der Waals surface area contributed by atoms with E-state index in [-0.39, 0.29) is 53.6 Å². The molecule has 1 aliphatic carbocycles. The van der Waals surface area contributed by atoms with Gasteiger partial charge in [-0.1, -0.05) is 11.6 Å². The maximum atomic E-state index is 12.3. The van der Waals surface area contributed by atoms with Crippen molar-refractivity contribution in [3.05, 3.63) is 23.8 Å². The Bertz CT molecular complexity index is 677. The smallest absolute Gasteiger partial charge is 0.330 e. The van der Waals surface area contributed by atoms with E-state index in [9.17, 15) is 4.79 Å². The van der Waals surface area contributed by atoms with Crippen LogP contribution in [0.15, 0.2) is 23.8 Å². The summed E-state index contributed by atoms with van der Waals surface area (Å²) in [6.07, 6.45) is 7.75. The van der Waals surface area contributed by atoms with Gasteiger partial charge in [-0.15, -0.1) is 0 Å². The highest BCUT2D eigenvalue weighted by molar-refractivity contribution is 5.82. The number of ether oxygens (including phenoxy) is 5. The monoisotopic (exact) mass is 392 g/mol. The number of rotatable bonds is 7. The van der Waals surface area contributed by atoms with Crippen LogP contribution in [0.25, 0.3) is 0 Å². The normalized spacial score (nSPS) is 46.5. The van der Waals surface area contributed by atoms with Gasteiger partial charge < -0.3 is 23.7 Å². The second-order valence-electron chi connectivity index (χ2n) is 9.02. The number of esters is 1. The highest BCUT2D eigenvalue weighted by Crippen LogP contribution is 2.59. The number of hydrogen-bond acceptors (Lipinski definition) is 6. The van der Waals surface area contributed by atoms with Crippen LogP contribution in [0.5, 0.6) is 0 Å². The number of allylic oxidation sites excluding steroid dienone is 1. The van der Waals surface area contributed by atoms with E-state index in [1.165, 1.54) is 11.6 Å². The Labute approximate surface area is 167 Å². The lowest BCUT2D eigenvalue weighted by molar-refractivity contribution is -0.166. The first-order valence-corrected chi connectivity index (χ1v) is 10.3. The van der Waals surface area contributed by atoms with E-state index in [0.717, 1.165) is 25.9 Å². The molecular weight excluding hydrogens is 360 g/mol. The van der Waals surface area contributed by atoms with Gasteiger partial charge >= 0.3 is 5.97 Å². The van der Waals surface area contributed by atoms with Crippen molar-refractivity contribution in [1.29, 1.82) is 0 Å². The molecule has 1 spiro atoms. The van der Waals surface area contributed by atoms with Gasteiger partial charge in [0.1, 0.15) is 29.5 Å². The van der Waals surface area contributed by atoms with E-state index in [4.69, 9.17) is 23.7 Å². The van der Waals surface area contributed by atoms with Gasteiger partial charge in [-0.25, -0.2) is 4.79 Å². The minimum absolute atomic E-state index is 0.0302. The number of epoxide rings is 3. The van der Waals surface area contributed by atoms with Crippen molar-refractivity contribution in [2.45, 2.75) is 88.7 Å². The summed E-state index contributed by atoms with van der Waals surface area (Å²) in [5.74, 6) is -0.299. The van der Waals surface area contributed by atoms with E-state index in [0.29, 0.717) is 0 Å². The van der Waals surface area contributed by atoms with Crippen LogP contribution in [-0.2, 0) is 28.5 Å². The van der Waals surface area contributed by atoms with Crippen molar-refractivity contribution >= 4 is 5.97 Å². The van der Waals surface area contributed by atoms with Gasteiger partial charge in [0, 0.05) is 13.2 Å². The fraction of sp³-hybridized carbons (Fsp3) is 0.773. The number of carbonyl (C=O) groups is 1. The zero-order chi connectivity index (χ0) is 20.1. The van der Waals surface area contributed by atoms with Crippen LogP contribution in [-0.4, -0.2) is 61.4 Å². The molecule has 0 aromatic heterocycles. The molecule has 0 aromatic carbocycles. The van der Waals surface area contributed by atoms with Crippen molar-refractivity contribution in [3.8, 4) is 0 Å². The molecule has 6 heteroatoms. The van der Waals surface area contributed by atoms with E-state index < -0.39 is 0 Å². The lowest BCUT2D eigenvalue weighted by Crippen LogP contribution is -2.55. The molecule has 8 atom stereocenters. The standard InChI is InChI=1S/C22H32O6/c1-13(2)6-8-17-21(4,28-17)20-19(24-5)16(10-11-22(20)12-25-22)27-18(23)9-7-15-14(3)26-15/h6-7,9,14-17,19-20H,8,10-12H2,1-5H3/b9-7+/t14-,15-,16+,17+,19+,20+,21+,22-/m1/s1. The van der Waals surface area contributed by atoms with Gasteiger partial charge in [-0.05, 0) is 53.0 Å². The Morgan fingerprint density at radius 1 is 1.32 bits per heavy atom. The summed E-state index contributed by atoms with van der Waals surface area (Å²) in [5, 5.41) is 0. The molecule has 3 saturated heterocycles. The molecule has 0 bridgehead atoms. The molecule has 0 aromatic rings. The summed E-state index contributed by atoms with van der Waals surface area (Å²) < 4.78 is 29.1. The summed E-state index contributed by atoms with van der Waals surface area (Å²) in [7, 11) is 1.69. The molecule has 4 fully saturated rings. The van der Waals surface area contributed by atoms with Crippen LogP contribution in [0, 0.1) is 5.92 Å². The second kappa shape index (κ2) is 7.24. The zero-order valence-electron chi connectivity index (χ0n) is 17.5. The molecule has 0 unspecified atom stereocenters. The first-order chi connectivity index (χ1) is 13.3. The van der Waals surface area contributed by atoms with E-state index in [1.807, 2.05) is 6.92 Å². The van der Waals surface area contributed by atoms with Gasteiger partial charge in [0.15, 0.2) is 0 Å². The second-order valence-corrected chi connectivity index (χ2v) is 9.02. The molecule has 156 valence electrons. The Morgan fingerprint density at radius 2 is 2.04 bits per heavy atom. The Morgan fingerprint density at radius 3 is 2.61 bits per heavy atom. The molecule has 1 saturated carbocycles. The van der Waals surface area contributed by atoms with Gasteiger partial charge in [0.2, 0.25) is 0 Å².